The molecule has 0 unspecified atom stereocenters. The molecule has 0 saturated heterocycles. The van der Waals surface area contributed by atoms with Crippen LogP contribution in [0.3, 0.4) is 0 Å². The molecule has 0 amide bonds. The monoisotopic (exact) mass is 512 g/mol. The predicted molar refractivity (Wildman–Crippen MR) is 164 cm³/mol. The highest BCUT2D eigenvalue weighted by Gasteiger charge is 2.21. The zero-order valence-corrected chi connectivity index (χ0v) is 21.7. The van der Waals surface area contributed by atoms with E-state index in [9.17, 15) is 0 Å². The van der Waals surface area contributed by atoms with Crippen LogP contribution in [-0.4, -0.2) is 26.8 Å². The standard InChI is InChI=1S/C36H24N4/c1-2-12-28(27(11-1)24-9-7-10-26(21-24)36-37-19-8-20-38-36)31-22-25(32-23-39-32)17-18-35(31)40-33-15-5-3-13-29(33)30-14-4-6-16-34(30)40/h1-22H,23H2. The lowest BCUT2D eigenvalue weighted by Gasteiger charge is -2.18. The summed E-state index contributed by atoms with van der Waals surface area (Å²) in [5.41, 5.74) is 11.5. The van der Waals surface area contributed by atoms with E-state index in [0.29, 0.717) is 0 Å². The van der Waals surface area contributed by atoms with E-state index in [1.54, 1.807) is 12.4 Å². The van der Waals surface area contributed by atoms with Crippen molar-refractivity contribution in [2.24, 2.45) is 4.99 Å². The fraction of sp³-hybridized carbons (Fsp3) is 0.0278. The fourth-order valence-corrected chi connectivity index (χ4v) is 5.77. The van der Waals surface area contributed by atoms with Gasteiger partial charge in [-0.25, -0.2) is 9.97 Å². The quantitative estimate of drug-likeness (QED) is 0.232. The van der Waals surface area contributed by atoms with Gasteiger partial charge >= 0.3 is 0 Å². The minimum atomic E-state index is 0.724. The van der Waals surface area contributed by atoms with Gasteiger partial charge < -0.3 is 4.57 Å². The van der Waals surface area contributed by atoms with Gasteiger partial charge in [-0.2, -0.15) is 0 Å². The second-order valence-corrected chi connectivity index (χ2v) is 10.1. The van der Waals surface area contributed by atoms with Crippen molar-refractivity contribution in [2.75, 3.05) is 6.54 Å². The lowest BCUT2D eigenvalue weighted by molar-refractivity contribution is 1.18. The molecular formula is C36H24N4. The molecule has 0 atom stereocenters. The molecule has 4 heteroatoms. The van der Waals surface area contributed by atoms with Crippen LogP contribution >= 0.6 is 0 Å². The van der Waals surface area contributed by atoms with Crippen molar-refractivity contribution in [3.05, 3.63) is 139 Å². The Bertz CT molecular complexity index is 2030. The maximum atomic E-state index is 4.52. The molecule has 1 aliphatic rings. The van der Waals surface area contributed by atoms with E-state index in [4.69, 9.17) is 0 Å². The largest absolute Gasteiger partial charge is 0.309 e. The Morgan fingerprint density at radius 2 is 1.15 bits per heavy atom. The van der Waals surface area contributed by atoms with E-state index >= 15 is 0 Å². The summed E-state index contributed by atoms with van der Waals surface area (Å²) in [7, 11) is 0. The molecule has 0 saturated carbocycles. The average Bonchev–Trinajstić information content (AvgIpc) is 3.83. The normalized spacial score (nSPS) is 12.6. The van der Waals surface area contributed by atoms with E-state index in [1.807, 2.05) is 6.07 Å². The molecule has 0 spiro atoms. The van der Waals surface area contributed by atoms with Gasteiger partial charge in [0.1, 0.15) is 0 Å². The first-order valence-corrected chi connectivity index (χ1v) is 13.5. The van der Waals surface area contributed by atoms with Crippen molar-refractivity contribution in [3.63, 3.8) is 0 Å². The molecule has 0 bridgehead atoms. The first-order chi connectivity index (χ1) is 19.8. The summed E-state index contributed by atoms with van der Waals surface area (Å²) in [5, 5.41) is 2.51. The molecule has 8 rings (SSSR count). The lowest BCUT2D eigenvalue weighted by atomic mass is 9.91. The van der Waals surface area contributed by atoms with Crippen molar-refractivity contribution < 1.29 is 0 Å². The summed E-state index contributed by atoms with van der Waals surface area (Å²) in [6, 6.07) is 43.1. The van der Waals surface area contributed by atoms with E-state index in [0.717, 1.165) is 40.5 Å². The second-order valence-electron chi connectivity index (χ2n) is 10.1. The number of para-hydroxylation sites is 2. The van der Waals surface area contributed by atoms with E-state index in [-0.39, 0.29) is 0 Å². The summed E-state index contributed by atoms with van der Waals surface area (Å²) >= 11 is 0. The molecule has 3 heterocycles. The highest BCUT2D eigenvalue weighted by Crippen LogP contribution is 2.40. The maximum Gasteiger partial charge on any atom is 0.159 e. The van der Waals surface area contributed by atoms with Gasteiger partial charge in [-0.05, 0) is 58.7 Å². The van der Waals surface area contributed by atoms with Crippen LogP contribution in [0.15, 0.2) is 139 Å². The molecule has 0 aliphatic carbocycles. The average molecular weight is 513 g/mol. The van der Waals surface area contributed by atoms with Gasteiger partial charge in [-0.15, -0.1) is 0 Å². The van der Waals surface area contributed by atoms with Crippen molar-refractivity contribution in [1.82, 2.24) is 14.5 Å². The molecule has 4 nitrogen and oxygen atoms in total. The minimum Gasteiger partial charge on any atom is -0.309 e. The summed E-state index contributed by atoms with van der Waals surface area (Å²) in [5.74, 6) is 0.724. The zero-order chi connectivity index (χ0) is 26.5. The summed E-state index contributed by atoms with van der Waals surface area (Å²) in [6.07, 6.45) is 3.57. The maximum absolute atomic E-state index is 4.52. The molecular weight excluding hydrogens is 488 g/mol. The number of aliphatic imine (C=N–C) groups is 1. The Morgan fingerprint density at radius 1 is 0.500 bits per heavy atom. The molecule has 0 fully saturated rings. The molecule has 7 aromatic rings. The number of aromatic nitrogens is 3. The first kappa shape index (κ1) is 22.6. The number of nitrogens with zero attached hydrogens (tertiary/aromatic N) is 4. The second kappa shape index (κ2) is 9.14. The van der Waals surface area contributed by atoms with Gasteiger partial charge in [0.25, 0.3) is 0 Å². The molecule has 0 N–H and O–H groups in total. The van der Waals surface area contributed by atoms with E-state index < -0.39 is 0 Å². The Balaban J connectivity index is 1.39. The number of hydrogen-bond acceptors (Lipinski definition) is 3. The molecule has 0 radical (unpaired) electrons. The van der Waals surface area contributed by atoms with Crippen molar-refractivity contribution >= 4 is 27.5 Å². The van der Waals surface area contributed by atoms with Crippen LogP contribution in [0.5, 0.6) is 0 Å². The number of fused-ring (bicyclic) bond motifs is 3. The Morgan fingerprint density at radius 3 is 1.88 bits per heavy atom. The third kappa shape index (κ3) is 3.73. The summed E-state index contributed by atoms with van der Waals surface area (Å²) in [4.78, 5) is 13.5. The molecule has 2 aromatic heterocycles. The predicted octanol–water partition coefficient (Wildman–Crippen LogP) is 8.38. The highest BCUT2D eigenvalue weighted by atomic mass is 15.0. The third-order valence-corrected chi connectivity index (χ3v) is 7.68. The Labute approximate surface area is 232 Å². The SMILES string of the molecule is c1cnc(-c2cccc(-c3ccccc3-c3cc(C4=NC4)ccc3-n3c4ccccc4c4ccccc43)c2)nc1. The van der Waals surface area contributed by atoms with Gasteiger partial charge in [0.15, 0.2) is 5.82 Å². The van der Waals surface area contributed by atoms with Crippen molar-refractivity contribution in [1.29, 1.82) is 0 Å². The third-order valence-electron chi connectivity index (χ3n) is 7.68. The lowest BCUT2D eigenvalue weighted by Crippen LogP contribution is -2.00. The van der Waals surface area contributed by atoms with Crippen LogP contribution in [0.2, 0.25) is 0 Å². The molecule has 5 aromatic carbocycles. The van der Waals surface area contributed by atoms with Crippen LogP contribution in [-0.2, 0) is 0 Å². The van der Waals surface area contributed by atoms with Crippen LogP contribution in [0.25, 0.3) is 61.1 Å². The van der Waals surface area contributed by atoms with Gasteiger partial charge in [0.05, 0.1) is 29.0 Å². The van der Waals surface area contributed by atoms with Crippen molar-refractivity contribution in [3.8, 4) is 39.3 Å². The zero-order valence-electron chi connectivity index (χ0n) is 21.7. The van der Waals surface area contributed by atoms with E-state index in [2.05, 4.69) is 135 Å². The number of rotatable bonds is 5. The fourth-order valence-electron chi connectivity index (χ4n) is 5.77. The molecule has 188 valence electrons. The van der Waals surface area contributed by atoms with Gasteiger partial charge in [-0.1, -0.05) is 84.9 Å². The van der Waals surface area contributed by atoms with Gasteiger partial charge in [0.2, 0.25) is 0 Å². The summed E-state index contributed by atoms with van der Waals surface area (Å²) in [6.45, 7) is 0.814. The van der Waals surface area contributed by atoms with Crippen LogP contribution in [0.4, 0.5) is 0 Å². The van der Waals surface area contributed by atoms with Crippen LogP contribution in [0.1, 0.15) is 5.56 Å². The van der Waals surface area contributed by atoms with Gasteiger partial charge in [-0.3, -0.25) is 4.99 Å². The number of benzene rings is 5. The highest BCUT2D eigenvalue weighted by molar-refractivity contribution is 6.12. The first-order valence-electron chi connectivity index (χ1n) is 13.5. The van der Waals surface area contributed by atoms with E-state index in [1.165, 1.54) is 38.5 Å². The van der Waals surface area contributed by atoms with Crippen molar-refractivity contribution in [2.45, 2.75) is 0 Å². The Hall–Kier alpha value is -5.35. The Kier molecular flexibility index (Phi) is 5.17. The minimum absolute atomic E-state index is 0.724. The molecule has 1 aliphatic heterocycles. The molecule has 40 heavy (non-hydrogen) atoms. The topological polar surface area (TPSA) is 43.1 Å². The van der Waals surface area contributed by atoms with Crippen LogP contribution < -0.4 is 0 Å². The number of hydrogen-bond donors (Lipinski definition) is 0. The summed E-state index contributed by atoms with van der Waals surface area (Å²) < 4.78 is 2.41. The smallest absolute Gasteiger partial charge is 0.159 e. The van der Waals surface area contributed by atoms with Crippen LogP contribution in [0, 0.1) is 0 Å². The van der Waals surface area contributed by atoms with Gasteiger partial charge in [0, 0.05) is 34.3 Å².